The number of aryl methyl sites for hydroxylation is 3. The molecule has 0 saturated heterocycles. The molecule has 1 aliphatic rings. The highest BCUT2D eigenvalue weighted by Gasteiger charge is 2.36. The molecule has 2 aromatic rings. The van der Waals surface area contributed by atoms with Gasteiger partial charge in [0, 0.05) is 11.6 Å². The number of rotatable bonds is 6. The van der Waals surface area contributed by atoms with Gasteiger partial charge in [-0.2, -0.15) is 5.10 Å². The summed E-state index contributed by atoms with van der Waals surface area (Å²) in [5.74, 6) is 2.72. The summed E-state index contributed by atoms with van der Waals surface area (Å²) in [6.07, 6.45) is 2.72. The van der Waals surface area contributed by atoms with Crippen LogP contribution >= 0.6 is 0 Å². The van der Waals surface area contributed by atoms with Crippen LogP contribution in [0.1, 0.15) is 47.5 Å². The fourth-order valence-electron chi connectivity index (χ4n) is 3.19. The fraction of sp³-hybridized carbons (Fsp3) is 0.400. The van der Waals surface area contributed by atoms with Crippen molar-refractivity contribution in [1.29, 1.82) is 0 Å². The van der Waals surface area contributed by atoms with Gasteiger partial charge >= 0.3 is 0 Å². The highest BCUT2D eigenvalue weighted by atomic mass is 16.3. The van der Waals surface area contributed by atoms with Gasteiger partial charge < -0.3 is 9.73 Å². The van der Waals surface area contributed by atoms with Crippen LogP contribution in [-0.4, -0.2) is 18.7 Å². The molecule has 25 heavy (non-hydrogen) atoms. The maximum atomic E-state index is 11.9. The summed E-state index contributed by atoms with van der Waals surface area (Å²) in [5.41, 5.74) is 7.00. The van der Waals surface area contributed by atoms with Crippen LogP contribution < -0.4 is 10.7 Å². The van der Waals surface area contributed by atoms with Crippen LogP contribution in [-0.2, 0) is 4.79 Å². The zero-order valence-corrected chi connectivity index (χ0v) is 15.2. The third-order valence-corrected chi connectivity index (χ3v) is 4.61. The Morgan fingerprint density at radius 2 is 1.96 bits per heavy atom. The molecule has 1 aliphatic carbocycles. The molecule has 1 amide bonds. The molecule has 0 spiro atoms. The Balaban J connectivity index is 1.49. The Bertz CT molecular complexity index is 784. The second kappa shape index (κ2) is 7.13. The number of carbonyl (C=O) groups is 1. The summed E-state index contributed by atoms with van der Waals surface area (Å²) >= 11 is 0. The Morgan fingerprint density at radius 3 is 2.60 bits per heavy atom. The largest absolute Gasteiger partial charge is 0.460 e. The number of furan rings is 1. The van der Waals surface area contributed by atoms with Gasteiger partial charge in [-0.1, -0.05) is 24.6 Å². The molecule has 0 aliphatic heterocycles. The van der Waals surface area contributed by atoms with Gasteiger partial charge in [0.1, 0.15) is 11.5 Å². The molecule has 3 rings (SSSR count). The van der Waals surface area contributed by atoms with Gasteiger partial charge in [-0.05, 0) is 56.4 Å². The van der Waals surface area contributed by atoms with E-state index in [9.17, 15) is 4.79 Å². The van der Waals surface area contributed by atoms with Crippen molar-refractivity contribution in [3.63, 3.8) is 0 Å². The van der Waals surface area contributed by atoms with Crippen LogP contribution in [0.3, 0.4) is 0 Å². The molecular weight excluding hydrogens is 314 g/mol. The van der Waals surface area contributed by atoms with Crippen LogP contribution in [0.4, 0.5) is 5.69 Å². The number of nitrogens with zero attached hydrogens (tertiary/aromatic N) is 1. The zero-order chi connectivity index (χ0) is 18.0. The first-order chi connectivity index (χ1) is 11.9. The Morgan fingerprint density at radius 1 is 1.28 bits per heavy atom. The molecule has 0 unspecified atom stereocenters. The zero-order valence-electron chi connectivity index (χ0n) is 15.2. The summed E-state index contributed by atoms with van der Waals surface area (Å²) in [6.45, 7) is 8.52. The summed E-state index contributed by atoms with van der Waals surface area (Å²) in [6, 6.07) is 8.07. The molecular formula is C20H25N3O2. The first-order valence-electron chi connectivity index (χ1n) is 8.67. The van der Waals surface area contributed by atoms with Crippen molar-refractivity contribution in [2.45, 2.75) is 40.0 Å². The maximum Gasteiger partial charge on any atom is 0.259 e. The van der Waals surface area contributed by atoms with E-state index in [0.717, 1.165) is 22.6 Å². The Kier molecular flexibility index (Phi) is 4.93. The monoisotopic (exact) mass is 339 g/mol. The summed E-state index contributed by atoms with van der Waals surface area (Å²) in [4.78, 5) is 11.9. The number of hydrogen-bond acceptors (Lipinski definition) is 4. The van der Waals surface area contributed by atoms with Gasteiger partial charge in [-0.15, -0.1) is 0 Å². The van der Waals surface area contributed by atoms with Gasteiger partial charge in [0.2, 0.25) is 0 Å². The molecule has 1 saturated carbocycles. The van der Waals surface area contributed by atoms with E-state index in [4.69, 9.17) is 4.42 Å². The number of amides is 1. The standard InChI is InChI=1S/C20H25N3O2/c1-12-7-14(3)20(15(4)8-12)21-11-19(24)23-22-10-16-5-6-18(25-16)17-9-13(17)2/h5-8,10,13,17,21H,9,11H2,1-4H3,(H,23,24)/b22-10-/t13-,17+/m1/s1. The fourth-order valence-corrected chi connectivity index (χ4v) is 3.19. The third-order valence-electron chi connectivity index (χ3n) is 4.61. The lowest BCUT2D eigenvalue weighted by Crippen LogP contribution is -2.26. The highest BCUT2D eigenvalue weighted by Crippen LogP contribution is 2.47. The molecule has 1 aromatic carbocycles. The van der Waals surface area contributed by atoms with E-state index in [1.165, 1.54) is 18.2 Å². The van der Waals surface area contributed by atoms with E-state index in [0.29, 0.717) is 17.6 Å². The average Bonchev–Trinajstić information content (AvgIpc) is 3.07. The highest BCUT2D eigenvalue weighted by molar-refractivity contribution is 5.83. The van der Waals surface area contributed by atoms with E-state index in [1.807, 2.05) is 26.0 Å². The van der Waals surface area contributed by atoms with E-state index >= 15 is 0 Å². The minimum Gasteiger partial charge on any atom is -0.460 e. The van der Waals surface area contributed by atoms with E-state index in [2.05, 4.69) is 41.8 Å². The quantitative estimate of drug-likeness (QED) is 0.620. The van der Waals surface area contributed by atoms with E-state index in [1.54, 1.807) is 0 Å². The lowest BCUT2D eigenvalue weighted by atomic mass is 10.1. The summed E-state index contributed by atoms with van der Waals surface area (Å²) < 4.78 is 5.72. The van der Waals surface area contributed by atoms with Crippen LogP contribution in [0.25, 0.3) is 0 Å². The Hall–Kier alpha value is -2.56. The molecule has 0 bridgehead atoms. The Labute approximate surface area is 148 Å². The predicted molar refractivity (Wildman–Crippen MR) is 100 cm³/mol. The summed E-state index contributed by atoms with van der Waals surface area (Å²) in [5, 5.41) is 7.15. The normalized spacial score (nSPS) is 19.2. The van der Waals surface area contributed by atoms with Gasteiger partial charge in [0.05, 0.1) is 12.8 Å². The van der Waals surface area contributed by atoms with Crippen LogP contribution in [0.2, 0.25) is 0 Å². The second-order valence-electron chi connectivity index (χ2n) is 6.98. The van der Waals surface area contributed by atoms with Gasteiger partial charge in [-0.25, -0.2) is 5.43 Å². The van der Waals surface area contributed by atoms with Crippen molar-refractivity contribution in [3.8, 4) is 0 Å². The number of benzene rings is 1. The lowest BCUT2D eigenvalue weighted by Gasteiger charge is -2.13. The van der Waals surface area contributed by atoms with Crippen molar-refractivity contribution in [1.82, 2.24) is 5.43 Å². The van der Waals surface area contributed by atoms with E-state index in [-0.39, 0.29) is 12.5 Å². The molecule has 1 aromatic heterocycles. The molecule has 132 valence electrons. The van der Waals surface area contributed by atoms with Crippen molar-refractivity contribution in [2.75, 3.05) is 11.9 Å². The van der Waals surface area contributed by atoms with Crippen molar-refractivity contribution in [3.05, 3.63) is 52.5 Å². The van der Waals surface area contributed by atoms with Crippen LogP contribution in [0.5, 0.6) is 0 Å². The number of hydrazone groups is 1. The number of hydrogen-bond donors (Lipinski definition) is 2. The molecule has 5 nitrogen and oxygen atoms in total. The van der Waals surface area contributed by atoms with Gasteiger partial charge in [0.15, 0.2) is 0 Å². The summed E-state index contributed by atoms with van der Waals surface area (Å²) in [7, 11) is 0. The number of nitrogens with one attached hydrogen (secondary N) is 2. The van der Waals surface area contributed by atoms with Crippen molar-refractivity contribution in [2.24, 2.45) is 11.0 Å². The first kappa shape index (κ1) is 17.3. The number of anilines is 1. The molecule has 0 radical (unpaired) electrons. The predicted octanol–water partition coefficient (Wildman–Crippen LogP) is 3.89. The average molecular weight is 339 g/mol. The molecule has 5 heteroatoms. The van der Waals surface area contributed by atoms with Gasteiger partial charge in [0.25, 0.3) is 5.91 Å². The van der Waals surface area contributed by atoms with Crippen molar-refractivity contribution < 1.29 is 9.21 Å². The van der Waals surface area contributed by atoms with Gasteiger partial charge in [-0.3, -0.25) is 4.79 Å². The number of carbonyl (C=O) groups excluding carboxylic acids is 1. The van der Waals surface area contributed by atoms with Crippen LogP contribution in [0, 0.1) is 26.7 Å². The second-order valence-corrected chi connectivity index (χ2v) is 6.98. The molecule has 1 heterocycles. The van der Waals surface area contributed by atoms with E-state index < -0.39 is 0 Å². The molecule has 2 atom stereocenters. The topological polar surface area (TPSA) is 66.6 Å². The minimum atomic E-state index is -0.196. The molecule has 1 fully saturated rings. The lowest BCUT2D eigenvalue weighted by molar-refractivity contribution is -0.119. The van der Waals surface area contributed by atoms with Crippen LogP contribution in [0.15, 0.2) is 33.8 Å². The third kappa shape index (κ3) is 4.29. The SMILES string of the molecule is Cc1cc(C)c(NCC(=O)N/N=C\c2ccc([C@H]3C[C@H]3C)o2)c(C)c1. The maximum absolute atomic E-state index is 11.9. The molecule has 2 N–H and O–H groups in total. The van der Waals surface area contributed by atoms with Crippen molar-refractivity contribution >= 4 is 17.8 Å². The minimum absolute atomic E-state index is 0.172. The smallest absolute Gasteiger partial charge is 0.259 e. The first-order valence-corrected chi connectivity index (χ1v) is 8.67.